The molecule has 1 spiro atoms. The van der Waals surface area contributed by atoms with Gasteiger partial charge in [-0.25, -0.2) is 0 Å². The van der Waals surface area contributed by atoms with Crippen LogP contribution in [0.1, 0.15) is 39.8 Å². The maximum absolute atomic E-state index is 6.34. The standard InChI is InChI=1S/C23H20O/c1-15-7-9-19-21(13-15)24-22-14-16(2)8-10-20(22)23(19)12-11-17-5-3-4-6-18(17)23/h3-10,13-14H,11-12H2,1-2H3. The average Bonchev–Trinajstić information content (AvgIpc) is 2.95. The lowest BCUT2D eigenvalue weighted by Gasteiger charge is -2.38. The van der Waals surface area contributed by atoms with E-state index < -0.39 is 0 Å². The molecule has 118 valence electrons. The van der Waals surface area contributed by atoms with E-state index in [0.29, 0.717) is 0 Å². The Morgan fingerprint density at radius 2 is 1.38 bits per heavy atom. The van der Waals surface area contributed by atoms with E-state index >= 15 is 0 Å². The normalized spacial score (nSPS) is 16.2. The number of ether oxygens (including phenoxy) is 1. The van der Waals surface area contributed by atoms with E-state index in [2.05, 4.69) is 74.5 Å². The molecule has 0 N–H and O–H groups in total. The largest absolute Gasteiger partial charge is 0.457 e. The van der Waals surface area contributed by atoms with Crippen LogP contribution in [0.3, 0.4) is 0 Å². The second-order valence-corrected chi connectivity index (χ2v) is 7.16. The van der Waals surface area contributed by atoms with E-state index in [1.807, 2.05) is 0 Å². The van der Waals surface area contributed by atoms with Crippen LogP contribution in [0.4, 0.5) is 0 Å². The molecule has 0 atom stereocenters. The Labute approximate surface area is 142 Å². The number of fused-ring (bicyclic) bond motifs is 6. The number of rotatable bonds is 0. The molecule has 0 aromatic heterocycles. The van der Waals surface area contributed by atoms with E-state index in [4.69, 9.17) is 4.74 Å². The summed E-state index contributed by atoms with van der Waals surface area (Å²) >= 11 is 0. The van der Waals surface area contributed by atoms with Crippen molar-refractivity contribution in [1.29, 1.82) is 0 Å². The van der Waals surface area contributed by atoms with Gasteiger partial charge in [0.05, 0.1) is 5.41 Å². The van der Waals surface area contributed by atoms with Crippen LogP contribution in [-0.4, -0.2) is 0 Å². The van der Waals surface area contributed by atoms with Crippen LogP contribution in [-0.2, 0) is 11.8 Å². The average molecular weight is 312 g/mol. The molecule has 5 rings (SSSR count). The number of hydrogen-bond acceptors (Lipinski definition) is 1. The maximum Gasteiger partial charge on any atom is 0.132 e. The molecule has 1 heteroatoms. The van der Waals surface area contributed by atoms with Gasteiger partial charge in [-0.1, -0.05) is 48.5 Å². The van der Waals surface area contributed by atoms with Crippen molar-refractivity contribution in [3.05, 3.63) is 94.0 Å². The Morgan fingerprint density at radius 1 is 0.750 bits per heavy atom. The summed E-state index contributed by atoms with van der Waals surface area (Å²) in [6.07, 6.45) is 2.23. The fourth-order valence-corrected chi connectivity index (χ4v) is 4.57. The summed E-state index contributed by atoms with van der Waals surface area (Å²) in [5.41, 5.74) is 7.96. The fourth-order valence-electron chi connectivity index (χ4n) is 4.57. The number of benzene rings is 3. The van der Waals surface area contributed by atoms with Crippen LogP contribution < -0.4 is 4.74 Å². The fraction of sp³-hybridized carbons (Fsp3) is 0.217. The number of hydrogen-bond donors (Lipinski definition) is 0. The van der Waals surface area contributed by atoms with Crippen molar-refractivity contribution in [3.8, 4) is 11.5 Å². The second kappa shape index (κ2) is 4.73. The summed E-state index contributed by atoms with van der Waals surface area (Å²) in [4.78, 5) is 0. The highest BCUT2D eigenvalue weighted by Gasteiger charge is 2.47. The molecule has 1 heterocycles. The molecule has 0 unspecified atom stereocenters. The molecule has 0 radical (unpaired) electrons. The first-order chi connectivity index (χ1) is 11.7. The minimum Gasteiger partial charge on any atom is -0.457 e. The van der Waals surface area contributed by atoms with Crippen LogP contribution in [0, 0.1) is 13.8 Å². The molecule has 1 aliphatic heterocycles. The highest BCUT2D eigenvalue weighted by atomic mass is 16.5. The van der Waals surface area contributed by atoms with Crippen LogP contribution in [0.15, 0.2) is 60.7 Å². The Hall–Kier alpha value is -2.54. The van der Waals surface area contributed by atoms with Crippen LogP contribution in [0.5, 0.6) is 11.5 Å². The zero-order valence-corrected chi connectivity index (χ0v) is 14.1. The van der Waals surface area contributed by atoms with Crippen molar-refractivity contribution in [2.75, 3.05) is 0 Å². The lowest BCUT2D eigenvalue weighted by Crippen LogP contribution is -2.30. The molecule has 0 saturated heterocycles. The molecule has 3 aromatic carbocycles. The van der Waals surface area contributed by atoms with E-state index in [9.17, 15) is 0 Å². The third-order valence-corrected chi connectivity index (χ3v) is 5.66. The highest BCUT2D eigenvalue weighted by molar-refractivity contribution is 5.66. The first-order valence-electron chi connectivity index (χ1n) is 8.67. The molecule has 24 heavy (non-hydrogen) atoms. The zero-order valence-electron chi connectivity index (χ0n) is 14.1. The molecule has 3 aromatic rings. The maximum atomic E-state index is 6.34. The molecule has 1 nitrogen and oxygen atoms in total. The minimum absolute atomic E-state index is 0.0685. The molecule has 0 saturated carbocycles. The summed E-state index contributed by atoms with van der Waals surface area (Å²) in [5, 5.41) is 0. The van der Waals surface area contributed by atoms with Crippen molar-refractivity contribution in [2.45, 2.75) is 32.1 Å². The van der Waals surface area contributed by atoms with Gasteiger partial charge in [0.25, 0.3) is 0 Å². The molecule has 2 aliphatic rings. The van der Waals surface area contributed by atoms with Crippen molar-refractivity contribution in [1.82, 2.24) is 0 Å². The van der Waals surface area contributed by atoms with E-state index in [1.54, 1.807) is 0 Å². The molecule has 0 bridgehead atoms. The van der Waals surface area contributed by atoms with Gasteiger partial charge in [0, 0.05) is 11.1 Å². The lowest BCUT2D eigenvalue weighted by molar-refractivity contribution is 0.415. The van der Waals surface area contributed by atoms with Crippen molar-refractivity contribution in [2.24, 2.45) is 0 Å². The van der Waals surface area contributed by atoms with E-state index in [1.165, 1.54) is 33.4 Å². The molecule has 0 amide bonds. The Balaban J connectivity index is 1.88. The second-order valence-electron chi connectivity index (χ2n) is 7.16. The smallest absolute Gasteiger partial charge is 0.132 e. The van der Waals surface area contributed by atoms with Gasteiger partial charge in [-0.2, -0.15) is 0 Å². The first kappa shape index (κ1) is 13.9. The molecular formula is C23H20O. The predicted molar refractivity (Wildman–Crippen MR) is 97.1 cm³/mol. The molecule has 0 fully saturated rings. The van der Waals surface area contributed by atoms with Gasteiger partial charge >= 0.3 is 0 Å². The SMILES string of the molecule is Cc1ccc2c(c1)Oc1cc(C)ccc1C21CCc2ccccc21. The van der Waals surface area contributed by atoms with E-state index in [-0.39, 0.29) is 5.41 Å². The van der Waals surface area contributed by atoms with Crippen LogP contribution in [0.2, 0.25) is 0 Å². The Morgan fingerprint density at radius 3 is 2.04 bits per heavy atom. The quantitative estimate of drug-likeness (QED) is 0.518. The number of aryl methyl sites for hydroxylation is 3. The monoisotopic (exact) mass is 312 g/mol. The zero-order chi connectivity index (χ0) is 16.3. The lowest BCUT2D eigenvalue weighted by atomic mass is 9.68. The van der Waals surface area contributed by atoms with Gasteiger partial charge in [0.2, 0.25) is 0 Å². The van der Waals surface area contributed by atoms with Crippen molar-refractivity contribution < 1.29 is 4.74 Å². The summed E-state index contributed by atoms with van der Waals surface area (Å²) in [7, 11) is 0. The summed E-state index contributed by atoms with van der Waals surface area (Å²) in [6, 6.07) is 22.3. The van der Waals surface area contributed by atoms with Gasteiger partial charge in [-0.15, -0.1) is 0 Å². The highest BCUT2D eigenvalue weighted by Crippen LogP contribution is 2.57. The third kappa shape index (κ3) is 1.70. The van der Waals surface area contributed by atoms with Crippen molar-refractivity contribution in [3.63, 3.8) is 0 Å². The van der Waals surface area contributed by atoms with Crippen LogP contribution >= 0.6 is 0 Å². The van der Waals surface area contributed by atoms with E-state index in [0.717, 1.165) is 24.3 Å². The minimum atomic E-state index is -0.0685. The summed E-state index contributed by atoms with van der Waals surface area (Å²) < 4.78 is 6.34. The van der Waals surface area contributed by atoms with Gasteiger partial charge in [0.15, 0.2) is 0 Å². The third-order valence-electron chi connectivity index (χ3n) is 5.66. The van der Waals surface area contributed by atoms with Gasteiger partial charge in [-0.3, -0.25) is 0 Å². The van der Waals surface area contributed by atoms with Gasteiger partial charge in [-0.05, 0) is 61.1 Å². The van der Waals surface area contributed by atoms with Gasteiger partial charge < -0.3 is 4.74 Å². The first-order valence-corrected chi connectivity index (χ1v) is 8.67. The summed E-state index contributed by atoms with van der Waals surface area (Å²) in [5.74, 6) is 2.04. The predicted octanol–water partition coefficient (Wildman–Crippen LogP) is 5.69. The van der Waals surface area contributed by atoms with Crippen molar-refractivity contribution >= 4 is 0 Å². The van der Waals surface area contributed by atoms with Gasteiger partial charge in [0.1, 0.15) is 11.5 Å². The topological polar surface area (TPSA) is 9.23 Å². The Bertz CT molecular complexity index is 916. The summed E-state index contributed by atoms with van der Waals surface area (Å²) in [6.45, 7) is 4.26. The van der Waals surface area contributed by atoms with Crippen LogP contribution in [0.25, 0.3) is 0 Å². The Kier molecular flexibility index (Phi) is 2.73. The molecule has 1 aliphatic carbocycles. The molecular weight excluding hydrogens is 292 g/mol.